The summed E-state index contributed by atoms with van der Waals surface area (Å²) < 4.78 is 3.18. The minimum atomic E-state index is -0.634. The summed E-state index contributed by atoms with van der Waals surface area (Å²) in [6.45, 7) is 0. The Balaban J connectivity index is 2.29. The Bertz CT molecular complexity index is 742. The van der Waals surface area contributed by atoms with Crippen LogP contribution in [0.3, 0.4) is 0 Å². The van der Waals surface area contributed by atoms with Crippen LogP contribution < -0.4 is 5.73 Å². The lowest BCUT2D eigenvalue weighted by Crippen LogP contribution is -2.15. The van der Waals surface area contributed by atoms with Crippen molar-refractivity contribution in [3.63, 3.8) is 0 Å². The van der Waals surface area contributed by atoms with Gasteiger partial charge in [-0.05, 0) is 0 Å². The van der Waals surface area contributed by atoms with Crippen molar-refractivity contribution < 1.29 is 4.79 Å². The topological polar surface area (TPSA) is 104 Å². The van der Waals surface area contributed by atoms with E-state index in [0.29, 0.717) is 11.3 Å². The molecule has 3 aromatic heterocycles. The second kappa shape index (κ2) is 3.62. The van der Waals surface area contributed by atoms with Crippen molar-refractivity contribution in [2.45, 2.75) is 0 Å². The zero-order valence-electron chi connectivity index (χ0n) is 9.48. The lowest BCUT2D eigenvalue weighted by molar-refractivity contribution is 0.0996. The van der Waals surface area contributed by atoms with Gasteiger partial charge >= 0.3 is 0 Å². The number of primary amides is 1. The number of fused-ring (bicyclic) bond motifs is 1. The highest BCUT2D eigenvalue weighted by molar-refractivity contribution is 5.96. The van der Waals surface area contributed by atoms with Gasteiger partial charge in [-0.2, -0.15) is 10.2 Å². The number of rotatable bonds is 2. The summed E-state index contributed by atoms with van der Waals surface area (Å²) in [6, 6.07) is 0. The van der Waals surface area contributed by atoms with E-state index in [9.17, 15) is 4.79 Å². The predicted octanol–water partition coefficient (Wildman–Crippen LogP) is -0.376. The van der Waals surface area contributed by atoms with Crippen molar-refractivity contribution in [1.29, 1.82) is 0 Å². The summed E-state index contributed by atoms with van der Waals surface area (Å²) in [5.74, 6) is -0.634. The molecule has 0 unspecified atom stereocenters. The van der Waals surface area contributed by atoms with E-state index < -0.39 is 5.91 Å². The summed E-state index contributed by atoms with van der Waals surface area (Å²) in [5, 5.41) is 8.15. The first-order valence-corrected chi connectivity index (χ1v) is 5.14. The third-order valence-corrected chi connectivity index (χ3v) is 2.54. The minimum absolute atomic E-state index is 0.0974. The average Bonchev–Trinajstić information content (AvgIpc) is 2.95. The van der Waals surface area contributed by atoms with Crippen LogP contribution in [0, 0.1) is 0 Å². The molecule has 0 atom stereocenters. The monoisotopic (exact) mass is 243 g/mol. The number of hydrogen-bond donors (Lipinski definition) is 1. The van der Waals surface area contributed by atoms with Gasteiger partial charge in [-0.1, -0.05) is 0 Å². The van der Waals surface area contributed by atoms with Gasteiger partial charge in [-0.25, -0.2) is 14.5 Å². The van der Waals surface area contributed by atoms with E-state index in [1.807, 2.05) is 13.2 Å². The maximum absolute atomic E-state index is 11.2. The molecule has 0 fully saturated rings. The SMILES string of the molecule is Cn1cc(-c2cnc(C(N)=O)c3ncnn23)cn1. The molecule has 8 nitrogen and oxygen atoms in total. The predicted molar refractivity (Wildman–Crippen MR) is 61.5 cm³/mol. The maximum atomic E-state index is 11.2. The molecule has 0 aliphatic carbocycles. The summed E-state index contributed by atoms with van der Waals surface area (Å²) in [5.41, 5.74) is 7.19. The van der Waals surface area contributed by atoms with Crippen LogP contribution in [0.25, 0.3) is 16.9 Å². The zero-order chi connectivity index (χ0) is 12.7. The van der Waals surface area contributed by atoms with Crippen LogP contribution in [0.4, 0.5) is 0 Å². The third kappa shape index (κ3) is 1.43. The molecule has 3 rings (SSSR count). The van der Waals surface area contributed by atoms with Gasteiger partial charge in [-0.15, -0.1) is 0 Å². The Labute approximate surface area is 101 Å². The van der Waals surface area contributed by atoms with Gasteiger partial charge in [0.2, 0.25) is 0 Å². The van der Waals surface area contributed by atoms with E-state index in [-0.39, 0.29) is 5.69 Å². The lowest BCUT2D eigenvalue weighted by atomic mass is 10.2. The molecule has 0 bridgehead atoms. The summed E-state index contributed by atoms with van der Waals surface area (Å²) >= 11 is 0. The largest absolute Gasteiger partial charge is 0.364 e. The third-order valence-electron chi connectivity index (χ3n) is 2.54. The maximum Gasteiger partial charge on any atom is 0.271 e. The van der Waals surface area contributed by atoms with Crippen LogP contribution in [0.15, 0.2) is 24.9 Å². The number of carbonyl (C=O) groups excluding carboxylic acids is 1. The molecule has 18 heavy (non-hydrogen) atoms. The number of amides is 1. The molecule has 3 heterocycles. The zero-order valence-corrected chi connectivity index (χ0v) is 9.48. The number of nitrogens with two attached hydrogens (primary N) is 1. The summed E-state index contributed by atoms with van der Waals surface area (Å²) in [7, 11) is 1.81. The highest BCUT2D eigenvalue weighted by Crippen LogP contribution is 2.18. The van der Waals surface area contributed by atoms with Crippen molar-refractivity contribution in [3.05, 3.63) is 30.6 Å². The summed E-state index contributed by atoms with van der Waals surface area (Å²) in [4.78, 5) is 19.3. The fourth-order valence-corrected chi connectivity index (χ4v) is 1.74. The average molecular weight is 243 g/mol. The number of carbonyl (C=O) groups is 1. The Hall–Kier alpha value is -2.77. The molecule has 0 aromatic carbocycles. The van der Waals surface area contributed by atoms with E-state index >= 15 is 0 Å². The Kier molecular flexibility index (Phi) is 2.09. The van der Waals surface area contributed by atoms with Gasteiger partial charge < -0.3 is 5.73 Å². The van der Waals surface area contributed by atoms with Crippen LogP contribution >= 0.6 is 0 Å². The molecule has 8 heteroatoms. The Morgan fingerprint density at radius 1 is 1.28 bits per heavy atom. The molecule has 0 aliphatic rings. The van der Waals surface area contributed by atoms with Gasteiger partial charge in [0.25, 0.3) is 5.91 Å². The van der Waals surface area contributed by atoms with E-state index in [2.05, 4.69) is 20.2 Å². The number of hydrogen-bond acceptors (Lipinski definition) is 5. The number of aromatic nitrogens is 6. The number of aryl methyl sites for hydroxylation is 1. The molecule has 0 saturated heterocycles. The van der Waals surface area contributed by atoms with E-state index in [1.165, 1.54) is 17.0 Å². The second-order valence-electron chi connectivity index (χ2n) is 3.75. The van der Waals surface area contributed by atoms with Crippen LogP contribution in [-0.2, 0) is 7.05 Å². The first-order chi connectivity index (χ1) is 8.66. The van der Waals surface area contributed by atoms with Crippen LogP contribution in [-0.4, -0.2) is 35.3 Å². The molecule has 90 valence electrons. The first-order valence-electron chi connectivity index (χ1n) is 5.14. The van der Waals surface area contributed by atoms with Gasteiger partial charge in [0, 0.05) is 18.8 Å². The molecule has 0 aliphatic heterocycles. The van der Waals surface area contributed by atoms with Gasteiger partial charge in [-0.3, -0.25) is 9.48 Å². The summed E-state index contributed by atoms with van der Waals surface area (Å²) in [6.07, 6.45) is 6.38. The van der Waals surface area contributed by atoms with Gasteiger partial charge in [0.15, 0.2) is 11.3 Å². The Morgan fingerprint density at radius 2 is 2.11 bits per heavy atom. The van der Waals surface area contributed by atoms with Crippen molar-refractivity contribution in [3.8, 4) is 11.3 Å². The highest BCUT2D eigenvalue weighted by atomic mass is 16.1. The van der Waals surface area contributed by atoms with Crippen LogP contribution in [0.1, 0.15) is 10.5 Å². The molecular formula is C10H9N7O. The molecular weight excluding hydrogens is 234 g/mol. The molecule has 0 spiro atoms. The first kappa shape index (κ1) is 10.4. The van der Waals surface area contributed by atoms with E-state index in [4.69, 9.17) is 5.73 Å². The molecule has 2 N–H and O–H groups in total. The Morgan fingerprint density at radius 3 is 2.78 bits per heavy atom. The van der Waals surface area contributed by atoms with Crippen molar-refractivity contribution >= 4 is 11.6 Å². The highest BCUT2D eigenvalue weighted by Gasteiger charge is 2.15. The molecule has 3 aromatic rings. The number of nitrogens with zero attached hydrogens (tertiary/aromatic N) is 6. The van der Waals surface area contributed by atoms with Crippen LogP contribution in [0.5, 0.6) is 0 Å². The quantitative estimate of drug-likeness (QED) is 0.660. The normalized spacial score (nSPS) is 10.9. The lowest BCUT2D eigenvalue weighted by Gasteiger charge is -2.03. The van der Waals surface area contributed by atoms with E-state index in [1.54, 1.807) is 10.9 Å². The van der Waals surface area contributed by atoms with Gasteiger partial charge in [0.05, 0.1) is 18.1 Å². The standard InChI is InChI=1S/C10H9N7O/c1-16-4-6(2-14-16)7-3-12-8(9(11)18)10-13-5-15-17(7)10/h2-5H,1H3,(H2,11,18). The van der Waals surface area contributed by atoms with Crippen molar-refractivity contribution in [2.75, 3.05) is 0 Å². The second-order valence-corrected chi connectivity index (χ2v) is 3.75. The van der Waals surface area contributed by atoms with Crippen molar-refractivity contribution in [1.82, 2.24) is 29.4 Å². The fourth-order valence-electron chi connectivity index (χ4n) is 1.74. The molecule has 1 amide bonds. The van der Waals surface area contributed by atoms with E-state index in [0.717, 1.165) is 5.56 Å². The molecule has 0 saturated carbocycles. The smallest absolute Gasteiger partial charge is 0.271 e. The fraction of sp³-hybridized carbons (Fsp3) is 0.100. The van der Waals surface area contributed by atoms with Crippen LogP contribution in [0.2, 0.25) is 0 Å². The molecule has 0 radical (unpaired) electrons. The van der Waals surface area contributed by atoms with Crippen molar-refractivity contribution in [2.24, 2.45) is 12.8 Å². The van der Waals surface area contributed by atoms with Gasteiger partial charge in [0.1, 0.15) is 6.33 Å². The minimum Gasteiger partial charge on any atom is -0.364 e.